The third kappa shape index (κ3) is 4.97. The van der Waals surface area contributed by atoms with Gasteiger partial charge >= 0.3 is 0 Å². The molecule has 2 aromatic carbocycles. The van der Waals surface area contributed by atoms with Crippen molar-refractivity contribution in [2.24, 2.45) is 0 Å². The van der Waals surface area contributed by atoms with E-state index < -0.39 is 0 Å². The highest BCUT2D eigenvalue weighted by atomic mass is 79.9. The van der Waals surface area contributed by atoms with Crippen LogP contribution in [0.3, 0.4) is 0 Å². The molecular formula is C19H22BrNO6. The minimum absolute atomic E-state index is 0.292. The summed E-state index contributed by atoms with van der Waals surface area (Å²) in [7, 11) is 6.09. The van der Waals surface area contributed by atoms with Crippen molar-refractivity contribution in [2.45, 2.75) is 0 Å². The van der Waals surface area contributed by atoms with Gasteiger partial charge in [-0.05, 0) is 46.3 Å². The second-order valence-corrected chi connectivity index (χ2v) is 6.08. The molecule has 8 heteroatoms. The minimum atomic E-state index is -0.292. The predicted octanol–water partition coefficient (Wildman–Crippen LogP) is 3.29. The number of halogens is 1. The van der Waals surface area contributed by atoms with Gasteiger partial charge in [0.2, 0.25) is 5.75 Å². The van der Waals surface area contributed by atoms with Gasteiger partial charge in [0.25, 0.3) is 5.91 Å². The number of nitrogens with one attached hydrogen (secondary N) is 1. The summed E-state index contributed by atoms with van der Waals surface area (Å²) in [4.78, 5) is 12.5. The molecule has 0 atom stereocenters. The van der Waals surface area contributed by atoms with E-state index in [1.807, 2.05) is 0 Å². The number of ether oxygens (including phenoxy) is 5. The number of rotatable bonds is 9. The van der Waals surface area contributed by atoms with Gasteiger partial charge in [0.15, 0.2) is 11.5 Å². The Balaban J connectivity index is 2.00. The van der Waals surface area contributed by atoms with Gasteiger partial charge in [0, 0.05) is 0 Å². The van der Waals surface area contributed by atoms with Crippen molar-refractivity contribution in [3.63, 3.8) is 0 Å². The zero-order valence-electron chi connectivity index (χ0n) is 15.6. The lowest BCUT2D eigenvalue weighted by molar-refractivity contribution is 0.0945. The Bertz CT molecular complexity index is 779. The zero-order valence-corrected chi connectivity index (χ0v) is 17.2. The minimum Gasteiger partial charge on any atom is -0.497 e. The first-order valence-corrected chi connectivity index (χ1v) is 8.88. The fourth-order valence-corrected chi connectivity index (χ4v) is 3.02. The number of methoxy groups -OCH3 is 4. The normalized spacial score (nSPS) is 10.1. The molecule has 0 unspecified atom stereocenters. The van der Waals surface area contributed by atoms with Gasteiger partial charge in [0.05, 0.1) is 45.0 Å². The molecule has 0 aliphatic carbocycles. The largest absolute Gasteiger partial charge is 0.497 e. The molecule has 0 radical (unpaired) electrons. The Hall–Kier alpha value is -2.61. The second-order valence-electron chi connectivity index (χ2n) is 5.29. The summed E-state index contributed by atoms with van der Waals surface area (Å²) in [5, 5.41) is 2.80. The average Bonchev–Trinajstić information content (AvgIpc) is 2.70. The smallest absolute Gasteiger partial charge is 0.252 e. The highest BCUT2D eigenvalue weighted by molar-refractivity contribution is 9.10. The number of carbonyl (C=O) groups is 1. The lowest BCUT2D eigenvalue weighted by Crippen LogP contribution is -2.28. The van der Waals surface area contributed by atoms with E-state index in [9.17, 15) is 4.79 Å². The molecule has 0 heterocycles. The average molecular weight is 440 g/mol. The summed E-state index contributed by atoms with van der Waals surface area (Å²) in [6.45, 7) is 0.647. The van der Waals surface area contributed by atoms with Gasteiger partial charge in [-0.1, -0.05) is 0 Å². The third-order valence-corrected chi connectivity index (χ3v) is 4.52. The molecule has 0 saturated heterocycles. The molecule has 2 aromatic rings. The molecule has 7 nitrogen and oxygen atoms in total. The highest BCUT2D eigenvalue weighted by Crippen LogP contribution is 2.44. The third-order valence-electron chi connectivity index (χ3n) is 3.73. The van der Waals surface area contributed by atoms with Crippen LogP contribution in [0.25, 0.3) is 0 Å². The molecule has 1 N–H and O–H groups in total. The van der Waals surface area contributed by atoms with Gasteiger partial charge in [-0.3, -0.25) is 4.79 Å². The molecule has 0 fully saturated rings. The van der Waals surface area contributed by atoms with E-state index in [4.69, 9.17) is 23.7 Å². The molecule has 27 heavy (non-hydrogen) atoms. The van der Waals surface area contributed by atoms with Gasteiger partial charge in [-0.25, -0.2) is 0 Å². The fourth-order valence-electron chi connectivity index (χ4n) is 2.39. The maximum atomic E-state index is 12.5. The quantitative estimate of drug-likeness (QED) is 0.604. The molecule has 146 valence electrons. The Morgan fingerprint density at radius 2 is 1.56 bits per heavy atom. The first kappa shape index (κ1) is 20.7. The highest BCUT2D eigenvalue weighted by Gasteiger charge is 2.22. The lowest BCUT2D eigenvalue weighted by atomic mass is 10.1. The van der Waals surface area contributed by atoms with Gasteiger partial charge in [-0.15, -0.1) is 0 Å². The molecule has 0 aliphatic rings. The topological polar surface area (TPSA) is 75.3 Å². The second kappa shape index (κ2) is 9.91. The Kier molecular flexibility index (Phi) is 7.60. The van der Waals surface area contributed by atoms with Crippen molar-refractivity contribution in [3.05, 3.63) is 40.4 Å². The monoisotopic (exact) mass is 439 g/mol. The Morgan fingerprint density at radius 1 is 0.926 bits per heavy atom. The fraction of sp³-hybridized carbons (Fsp3) is 0.316. The van der Waals surface area contributed by atoms with Crippen molar-refractivity contribution < 1.29 is 28.5 Å². The van der Waals surface area contributed by atoms with Crippen LogP contribution in [0, 0.1) is 0 Å². The number of hydrogen-bond acceptors (Lipinski definition) is 6. The van der Waals surface area contributed by atoms with Crippen LogP contribution in [-0.4, -0.2) is 47.5 Å². The molecule has 0 saturated carbocycles. The van der Waals surface area contributed by atoms with Crippen LogP contribution >= 0.6 is 15.9 Å². The van der Waals surface area contributed by atoms with Crippen LogP contribution in [0.1, 0.15) is 10.4 Å². The van der Waals surface area contributed by atoms with Crippen LogP contribution < -0.4 is 29.0 Å². The van der Waals surface area contributed by atoms with E-state index >= 15 is 0 Å². The van der Waals surface area contributed by atoms with Crippen LogP contribution in [0.2, 0.25) is 0 Å². The van der Waals surface area contributed by atoms with E-state index in [0.29, 0.717) is 46.2 Å². The van der Waals surface area contributed by atoms with Gasteiger partial charge in [-0.2, -0.15) is 0 Å². The van der Waals surface area contributed by atoms with Crippen LogP contribution in [0.15, 0.2) is 34.8 Å². The van der Waals surface area contributed by atoms with Crippen molar-refractivity contribution in [1.82, 2.24) is 5.32 Å². The van der Waals surface area contributed by atoms with Crippen molar-refractivity contribution in [1.29, 1.82) is 0 Å². The number of hydrogen-bond donors (Lipinski definition) is 1. The van der Waals surface area contributed by atoms with Crippen molar-refractivity contribution >= 4 is 21.8 Å². The summed E-state index contributed by atoms with van der Waals surface area (Å²) in [6, 6.07) is 8.81. The summed E-state index contributed by atoms with van der Waals surface area (Å²) in [5.74, 6) is 2.35. The van der Waals surface area contributed by atoms with Crippen LogP contribution in [0.4, 0.5) is 0 Å². The standard InChI is InChI=1S/C19H22BrNO6/c1-23-12-5-7-13(8-6-12)27-10-9-21-19(22)14-11-15(24-2)17(25-3)18(26-4)16(14)20/h5-8,11H,9-10H2,1-4H3,(H,21,22). The number of amides is 1. The van der Waals surface area contributed by atoms with E-state index in [0.717, 1.165) is 5.75 Å². The van der Waals surface area contributed by atoms with E-state index in [-0.39, 0.29) is 5.91 Å². The molecular weight excluding hydrogens is 418 g/mol. The van der Waals surface area contributed by atoms with Crippen molar-refractivity contribution in [3.8, 4) is 28.7 Å². The lowest BCUT2D eigenvalue weighted by Gasteiger charge is -2.16. The first-order chi connectivity index (χ1) is 13.0. The first-order valence-electron chi connectivity index (χ1n) is 8.09. The SMILES string of the molecule is COc1ccc(OCCNC(=O)c2cc(OC)c(OC)c(OC)c2Br)cc1. The zero-order chi connectivity index (χ0) is 19.8. The van der Waals surface area contributed by atoms with Crippen molar-refractivity contribution in [2.75, 3.05) is 41.6 Å². The summed E-state index contributed by atoms with van der Waals surface area (Å²) < 4.78 is 27.1. The molecule has 0 spiro atoms. The summed E-state index contributed by atoms with van der Waals surface area (Å²) in [6.07, 6.45) is 0. The summed E-state index contributed by atoms with van der Waals surface area (Å²) >= 11 is 3.39. The predicted molar refractivity (Wildman–Crippen MR) is 105 cm³/mol. The number of carbonyl (C=O) groups excluding carboxylic acids is 1. The maximum Gasteiger partial charge on any atom is 0.252 e. The molecule has 0 aliphatic heterocycles. The summed E-state index contributed by atoms with van der Waals surface area (Å²) in [5.41, 5.74) is 0.369. The molecule has 0 bridgehead atoms. The van der Waals surface area contributed by atoms with E-state index in [2.05, 4.69) is 21.2 Å². The molecule has 2 rings (SSSR count). The van der Waals surface area contributed by atoms with Gasteiger partial charge < -0.3 is 29.0 Å². The van der Waals surface area contributed by atoms with Gasteiger partial charge in [0.1, 0.15) is 18.1 Å². The maximum absolute atomic E-state index is 12.5. The Labute approximate surface area is 166 Å². The molecule has 0 aromatic heterocycles. The molecule has 1 amide bonds. The Morgan fingerprint density at radius 3 is 2.11 bits per heavy atom. The van der Waals surface area contributed by atoms with Crippen LogP contribution in [-0.2, 0) is 0 Å². The number of benzene rings is 2. The van der Waals surface area contributed by atoms with E-state index in [1.54, 1.807) is 37.4 Å². The van der Waals surface area contributed by atoms with E-state index in [1.165, 1.54) is 21.3 Å². The van der Waals surface area contributed by atoms with Crippen LogP contribution in [0.5, 0.6) is 28.7 Å².